The van der Waals surface area contributed by atoms with Crippen LogP contribution in [-0.2, 0) is 9.59 Å². The topological polar surface area (TPSA) is 116 Å². The molecule has 0 radical (unpaired) electrons. The van der Waals surface area contributed by atoms with E-state index in [1.54, 1.807) is 0 Å². The number of hydrogen-bond donors (Lipinski definition) is 2. The van der Waals surface area contributed by atoms with Gasteiger partial charge < -0.3 is 5.11 Å². The molecule has 0 aromatic heterocycles. The molecule has 0 unspecified atom stereocenters. The first kappa shape index (κ1) is 19.2. The van der Waals surface area contributed by atoms with Gasteiger partial charge in [-0.2, -0.15) is 0 Å². The van der Waals surface area contributed by atoms with Gasteiger partial charge in [-0.05, 0) is 42.5 Å². The Bertz CT molecular complexity index is 1020. The van der Waals surface area contributed by atoms with Gasteiger partial charge >= 0.3 is 12.0 Å². The molecule has 1 aliphatic rings. The van der Waals surface area contributed by atoms with Gasteiger partial charge in [0.1, 0.15) is 5.82 Å². The van der Waals surface area contributed by atoms with E-state index < -0.39 is 35.5 Å². The number of carbonyl (C=O) groups is 4. The summed E-state index contributed by atoms with van der Waals surface area (Å²) in [4.78, 5) is 52.5. The molecular formula is C18H11ClFN3O5. The van der Waals surface area contributed by atoms with Crippen LogP contribution in [0.4, 0.5) is 20.6 Å². The summed E-state index contributed by atoms with van der Waals surface area (Å²) >= 11 is 5.78. The standard InChI is InChI=1S/C18H11ClFN3O5/c19-14-6-3-10(7-12(14)17(26)27)21-8-13-15(24)22-18(28)23(16(13)25)11-4-1-9(20)2-5-11/h1-8,13H,(H,26,27)(H,22,24,28)/t13-/m0/s1. The fourth-order valence-electron chi connectivity index (χ4n) is 2.47. The molecule has 0 saturated carbocycles. The predicted octanol–water partition coefficient (Wildman–Crippen LogP) is 2.78. The first-order valence-corrected chi connectivity index (χ1v) is 8.17. The Morgan fingerprint density at radius 2 is 1.86 bits per heavy atom. The number of carbonyl (C=O) groups excluding carboxylic acids is 3. The number of anilines is 1. The number of imide groups is 2. The highest BCUT2D eigenvalue weighted by Crippen LogP contribution is 2.24. The molecule has 28 heavy (non-hydrogen) atoms. The summed E-state index contributed by atoms with van der Waals surface area (Å²) in [5.74, 6) is -5.02. The van der Waals surface area contributed by atoms with Crippen LogP contribution < -0.4 is 10.2 Å². The van der Waals surface area contributed by atoms with E-state index in [-0.39, 0.29) is 22.0 Å². The summed E-state index contributed by atoms with van der Waals surface area (Å²) in [7, 11) is 0. The Hall–Kier alpha value is -3.59. The summed E-state index contributed by atoms with van der Waals surface area (Å²) in [6, 6.07) is 7.49. The fourth-order valence-corrected chi connectivity index (χ4v) is 2.67. The lowest BCUT2D eigenvalue weighted by Gasteiger charge is -2.28. The summed E-state index contributed by atoms with van der Waals surface area (Å²) in [5, 5.41) is 11.1. The van der Waals surface area contributed by atoms with E-state index in [4.69, 9.17) is 16.7 Å². The molecule has 1 heterocycles. The maximum Gasteiger partial charge on any atom is 0.337 e. The number of carboxylic acids is 1. The van der Waals surface area contributed by atoms with E-state index in [0.29, 0.717) is 4.90 Å². The minimum Gasteiger partial charge on any atom is -0.478 e. The van der Waals surface area contributed by atoms with Gasteiger partial charge in [-0.15, -0.1) is 0 Å². The van der Waals surface area contributed by atoms with E-state index in [0.717, 1.165) is 18.3 Å². The number of rotatable bonds is 4. The molecule has 2 N–H and O–H groups in total. The Labute approximate surface area is 162 Å². The zero-order valence-corrected chi connectivity index (χ0v) is 14.7. The molecule has 3 rings (SSSR count). The lowest BCUT2D eigenvalue weighted by Crippen LogP contribution is -2.58. The SMILES string of the molecule is O=C(O)c1cc(N=C[C@H]2C(=O)NC(=O)N(c3ccc(F)cc3)C2=O)ccc1Cl. The number of aromatic carboxylic acids is 1. The summed E-state index contributed by atoms with van der Waals surface area (Å²) in [5.41, 5.74) is 0.0287. The Morgan fingerprint density at radius 1 is 1.18 bits per heavy atom. The molecule has 2 aromatic carbocycles. The van der Waals surface area contributed by atoms with E-state index in [1.807, 2.05) is 5.32 Å². The molecule has 10 heteroatoms. The van der Waals surface area contributed by atoms with Crippen LogP contribution in [0.5, 0.6) is 0 Å². The molecule has 1 saturated heterocycles. The van der Waals surface area contributed by atoms with Crippen LogP contribution >= 0.6 is 11.6 Å². The molecule has 1 atom stereocenters. The first-order chi connectivity index (χ1) is 13.3. The van der Waals surface area contributed by atoms with Gasteiger partial charge in [0.2, 0.25) is 5.91 Å². The van der Waals surface area contributed by atoms with Crippen LogP contribution in [0.25, 0.3) is 0 Å². The molecular weight excluding hydrogens is 393 g/mol. The number of hydrogen-bond acceptors (Lipinski definition) is 5. The minimum absolute atomic E-state index is 0.00557. The zero-order chi connectivity index (χ0) is 20.4. The van der Waals surface area contributed by atoms with Gasteiger partial charge in [0.15, 0.2) is 5.92 Å². The van der Waals surface area contributed by atoms with Gasteiger partial charge in [0.25, 0.3) is 5.91 Å². The first-order valence-electron chi connectivity index (χ1n) is 7.79. The van der Waals surface area contributed by atoms with Gasteiger partial charge in [0.05, 0.1) is 22.0 Å². The molecule has 8 nitrogen and oxygen atoms in total. The lowest BCUT2D eigenvalue weighted by molar-refractivity contribution is -0.131. The molecule has 1 fully saturated rings. The molecule has 2 aromatic rings. The third-order valence-corrected chi connectivity index (χ3v) is 4.17. The van der Waals surface area contributed by atoms with Crippen LogP contribution in [0, 0.1) is 11.7 Å². The second kappa shape index (κ2) is 7.57. The molecule has 142 valence electrons. The van der Waals surface area contributed by atoms with Crippen molar-refractivity contribution >= 4 is 53.0 Å². The third kappa shape index (κ3) is 3.74. The Kier molecular flexibility index (Phi) is 5.18. The van der Waals surface area contributed by atoms with Gasteiger partial charge in [0, 0.05) is 6.21 Å². The number of barbiturate groups is 1. The van der Waals surface area contributed by atoms with Crippen molar-refractivity contribution in [1.29, 1.82) is 0 Å². The van der Waals surface area contributed by atoms with Crippen molar-refractivity contribution < 1.29 is 28.7 Å². The van der Waals surface area contributed by atoms with Crippen LogP contribution in [0.2, 0.25) is 5.02 Å². The van der Waals surface area contributed by atoms with Crippen LogP contribution in [0.15, 0.2) is 47.5 Å². The Morgan fingerprint density at radius 3 is 2.50 bits per heavy atom. The largest absolute Gasteiger partial charge is 0.478 e. The predicted molar refractivity (Wildman–Crippen MR) is 97.5 cm³/mol. The van der Waals surface area contributed by atoms with Crippen LogP contribution in [-0.4, -0.2) is 35.1 Å². The summed E-state index contributed by atoms with van der Waals surface area (Å²) in [6.07, 6.45) is 0.996. The van der Waals surface area contributed by atoms with Crippen LogP contribution in [0.3, 0.4) is 0 Å². The van der Waals surface area contributed by atoms with Crippen molar-refractivity contribution in [3.8, 4) is 0 Å². The lowest BCUT2D eigenvalue weighted by atomic mass is 10.1. The third-order valence-electron chi connectivity index (χ3n) is 3.84. The van der Waals surface area contributed by atoms with Crippen molar-refractivity contribution in [3.05, 3.63) is 58.9 Å². The van der Waals surface area contributed by atoms with E-state index >= 15 is 0 Å². The molecule has 1 aliphatic heterocycles. The monoisotopic (exact) mass is 403 g/mol. The van der Waals surface area contributed by atoms with E-state index in [9.17, 15) is 23.6 Å². The van der Waals surface area contributed by atoms with Crippen LogP contribution in [0.1, 0.15) is 10.4 Å². The highest BCUT2D eigenvalue weighted by molar-refractivity contribution is 6.34. The Balaban J connectivity index is 1.89. The normalized spacial score (nSPS) is 17.1. The number of nitrogens with zero attached hydrogens (tertiary/aromatic N) is 2. The number of nitrogens with one attached hydrogen (secondary N) is 1. The van der Waals surface area contributed by atoms with E-state index in [1.165, 1.54) is 30.3 Å². The number of aliphatic imine (C=N–C) groups is 1. The minimum atomic E-state index is -1.44. The maximum absolute atomic E-state index is 13.1. The fraction of sp³-hybridized carbons (Fsp3) is 0.0556. The average Bonchev–Trinajstić information content (AvgIpc) is 2.63. The van der Waals surface area contributed by atoms with Crippen molar-refractivity contribution in [3.63, 3.8) is 0 Å². The summed E-state index contributed by atoms with van der Waals surface area (Å²) in [6.45, 7) is 0. The van der Waals surface area contributed by atoms with Crippen molar-refractivity contribution in [2.45, 2.75) is 0 Å². The van der Waals surface area contributed by atoms with Gasteiger partial charge in [-0.1, -0.05) is 11.6 Å². The van der Waals surface area contributed by atoms with Crippen molar-refractivity contribution in [1.82, 2.24) is 5.32 Å². The number of carboxylic acid groups (broad SMARTS) is 1. The second-order valence-corrected chi connectivity index (χ2v) is 6.08. The van der Waals surface area contributed by atoms with Crippen molar-refractivity contribution in [2.75, 3.05) is 4.90 Å². The van der Waals surface area contributed by atoms with E-state index in [2.05, 4.69) is 4.99 Å². The summed E-state index contributed by atoms with van der Waals surface area (Å²) < 4.78 is 13.1. The smallest absolute Gasteiger partial charge is 0.337 e. The molecule has 4 amide bonds. The van der Waals surface area contributed by atoms with Gasteiger partial charge in [-0.3, -0.25) is 19.9 Å². The van der Waals surface area contributed by atoms with Crippen molar-refractivity contribution in [2.24, 2.45) is 10.9 Å². The average molecular weight is 404 g/mol. The molecule has 0 aliphatic carbocycles. The zero-order valence-electron chi connectivity index (χ0n) is 13.9. The highest BCUT2D eigenvalue weighted by Gasteiger charge is 2.40. The number of amides is 4. The highest BCUT2D eigenvalue weighted by atomic mass is 35.5. The number of halogens is 2. The number of urea groups is 1. The molecule has 0 spiro atoms. The second-order valence-electron chi connectivity index (χ2n) is 5.67. The maximum atomic E-state index is 13.1. The number of benzene rings is 2. The molecule has 0 bridgehead atoms. The van der Waals surface area contributed by atoms with Gasteiger partial charge in [-0.25, -0.2) is 18.9 Å². The quantitative estimate of drug-likeness (QED) is 0.601.